The van der Waals surface area contributed by atoms with Crippen molar-refractivity contribution >= 4 is 23.0 Å². The maximum Gasteiger partial charge on any atom is 0.416 e. The van der Waals surface area contributed by atoms with Gasteiger partial charge in [-0.1, -0.05) is 30.3 Å². The molecule has 0 amide bonds. The Balaban J connectivity index is 2.16. The molecule has 2 unspecified atom stereocenters. The number of benzene rings is 2. The van der Waals surface area contributed by atoms with Crippen LogP contribution in [0.25, 0.3) is 0 Å². The summed E-state index contributed by atoms with van der Waals surface area (Å²) in [5.74, 6) is 0. The highest BCUT2D eigenvalue weighted by Crippen LogP contribution is 2.37. The van der Waals surface area contributed by atoms with Gasteiger partial charge in [-0.2, -0.15) is 26.3 Å². The van der Waals surface area contributed by atoms with Crippen molar-refractivity contribution < 1.29 is 31.4 Å². The van der Waals surface area contributed by atoms with Crippen LogP contribution >= 0.6 is 12.2 Å². The van der Waals surface area contributed by atoms with E-state index in [1.165, 1.54) is 0 Å². The Morgan fingerprint density at radius 2 is 1.43 bits per heavy atom. The molecule has 0 aliphatic carbocycles. The van der Waals surface area contributed by atoms with E-state index in [0.717, 1.165) is 0 Å². The molecule has 2 aromatic carbocycles. The molecule has 152 valence electrons. The van der Waals surface area contributed by atoms with Crippen LogP contribution in [0.2, 0.25) is 0 Å². The molecule has 2 rings (SSSR count). The summed E-state index contributed by atoms with van der Waals surface area (Å²) in [6.45, 7) is 1.57. The Labute approximate surface area is 162 Å². The fourth-order valence-corrected chi connectivity index (χ4v) is 2.72. The molecule has 10 heteroatoms. The lowest BCUT2D eigenvalue weighted by Gasteiger charge is -2.23. The summed E-state index contributed by atoms with van der Waals surface area (Å²) in [5.41, 5.74) is -2.81. The predicted octanol–water partition coefficient (Wildman–Crippen LogP) is 5.13. The number of aliphatic hydroxyl groups excluding tert-OH is 1. The van der Waals surface area contributed by atoms with Crippen molar-refractivity contribution in [1.82, 2.24) is 5.32 Å². The lowest BCUT2D eigenvalue weighted by atomic mass is 10.0. The van der Waals surface area contributed by atoms with E-state index in [4.69, 9.17) is 12.2 Å². The van der Waals surface area contributed by atoms with Gasteiger partial charge in [0.05, 0.1) is 23.3 Å². The SMILES string of the molecule is CC(NC(=S)Nc1cc(C(F)(F)F)cc(C(F)(F)F)c1)C(O)c1ccccc1. The first-order chi connectivity index (χ1) is 12.9. The Hall–Kier alpha value is -2.33. The van der Waals surface area contributed by atoms with E-state index >= 15 is 0 Å². The number of hydrogen-bond acceptors (Lipinski definition) is 2. The van der Waals surface area contributed by atoms with Crippen LogP contribution in [0.3, 0.4) is 0 Å². The number of halogens is 6. The average Bonchev–Trinajstić information content (AvgIpc) is 2.59. The van der Waals surface area contributed by atoms with Crippen molar-refractivity contribution in [2.75, 3.05) is 5.32 Å². The maximum absolute atomic E-state index is 12.9. The zero-order valence-corrected chi connectivity index (χ0v) is 15.2. The van der Waals surface area contributed by atoms with Crippen LogP contribution in [-0.4, -0.2) is 16.3 Å². The fraction of sp³-hybridized carbons (Fsp3) is 0.278. The molecule has 3 N–H and O–H groups in total. The van der Waals surface area contributed by atoms with E-state index < -0.39 is 41.3 Å². The third-order valence-corrected chi connectivity index (χ3v) is 4.04. The molecule has 0 bridgehead atoms. The molecule has 0 aromatic heterocycles. The van der Waals surface area contributed by atoms with Gasteiger partial charge in [0, 0.05) is 5.69 Å². The highest BCUT2D eigenvalue weighted by Gasteiger charge is 2.37. The van der Waals surface area contributed by atoms with Crippen LogP contribution in [-0.2, 0) is 12.4 Å². The molecule has 28 heavy (non-hydrogen) atoms. The number of anilines is 1. The van der Waals surface area contributed by atoms with Crippen molar-refractivity contribution in [2.24, 2.45) is 0 Å². The predicted molar refractivity (Wildman–Crippen MR) is 96.7 cm³/mol. The van der Waals surface area contributed by atoms with Gasteiger partial charge in [-0.25, -0.2) is 0 Å². The van der Waals surface area contributed by atoms with Crippen LogP contribution in [0.4, 0.5) is 32.0 Å². The van der Waals surface area contributed by atoms with Crippen molar-refractivity contribution in [2.45, 2.75) is 31.4 Å². The van der Waals surface area contributed by atoms with Crippen LogP contribution in [0.1, 0.15) is 29.7 Å². The van der Waals surface area contributed by atoms with Gasteiger partial charge in [0.1, 0.15) is 0 Å². The minimum absolute atomic E-state index is 0.0312. The molecule has 3 nitrogen and oxygen atoms in total. The smallest absolute Gasteiger partial charge is 0.386 e. The van der Waals surface area contributed by atoms with Gasteiger partial charge in [0.2, 0.25) is 0 Å². The van der Waals surface area contributed by atoms with E-state index in [2.05, 4.69) is 10.6 Å². The molecule has 0 radical (unpaired) electrons. The Kier molecular flexibility index (Phi) is 6.56. The zero-order valence-electron chi connectivity index (χ0n) is 14.4. The Morgan fingerprint density at radius 3 is 1.89 bits per heavy atom. The summed E-state index contributed by atoms with van der Waals surface area (Å²) in [4.78, 5) is 0. The van der Waals surface area contributed by atoms with Crippen LogP contribution in [0.15, 0.2) is 48.5 Å². The molecule has 0 saturated carbocycles. The molecule has 0 aliphatic heterocycles. The number of alkyl halides is 6. The van der Waals surface area contributed by atoms with E-state index in [9.17, 15) is 31.4 Å². The normalized spacial score (nSPS) is 14.3. The Bertz CT molecular complexity index is 791. The maximum atomic E-state index is 12.9. The van der Waals surface area contributed by atoms with Gasteiger partial charge in [0.25, 0.3) is 0 Å². The molecular weight excluding hydrogens is 406 g/mol. The first kappa shape index (κ1) is 22.0. The summed E-state index contributed by atoms with van der Waals surface area (Å²) in [7, 11) is 0. The highest BCUT2D eigenvalue weighted by molar-refractivity contribution is 7.80. The summed E-state index contributed by atoms with van der Waals surface area (Å²) in [5, 5.41) is 15.0. The van der Waals surface area contributed by atoms with E-state index in [1.807, 2.05) is 0 Å². The van der Waals surface area contributed by atoms with Gasteiger partial charge < -0.3 is 15.7 Å². The fourth-order valence-electron chi connectivity index (χ4n) is 2.42. The molecule has 2 aromatic rings. The molecule has 0 heterocycles. The summed E-state index contributed by atoms with van der Waals surface area (Å²) >= 11 is 4.96. The van der Waals surface area contributed by atoms with E-state index in [0.29, 0.717) is 17.7 Å². The van der Waals surface area contributed by atoms with Crippen LogP contribution < -0.4 is 10.6 Å². The van der Waals surface area contributed by atoms with E-state index in [-0.39, 0.29) is 11.2 Å². The number of aliphatic hydroxyl groups is 1. The first-order valence-electron chi connectivity index (χ1n) is 7.98. The van der Waals surface area contributed by atoms with Crippen molar-refractivity contribution in [3.8, 4) is 0 Å². The lowest BCUT2D eigenvalue weighted by Crippen LogP contribution is -2.39. The van der Waals surface area contributed by atoms with Crippen LogP contribution in [0, 0.1) is 0 Å². The number of thiocarbonyl (C=S) groups is 1. The minimum Gasteiger partial charge on any atom is -0.386 e. The second kappa shape index (κ2) is 8.36. The third kappa shape index (κ3) is 5.83. The van der Waals surface area contributed by atoms with Gasteiger partial charge in [0.15, 0.2) is 5.11 Å². The highest BCUT2D eigenvalue weighted by atomic mass is 32.1. The Morgan fingerprint density at radius 1 is 0.929 bits per heavy atom. The molecule has 0 aliphatic rings. The van der Waals surface area contributed by atoms with Gasteiger partial charge in [-0.3, -0.25) is 0 Å². The molecular formula is C18H16F6N2OS. The molecule has 0 saturated heterocycles. The first-order valence-corrected chi connectivity index (χ1v) is 8.39. The monoisotopic (exact) mass is 422 g/mol. The summed E-state index contributed by atoms with van der Waals surface area (Å²) < 4.78 is 77.4. The van der Waals surface area contributed by atoms with Crippen LogP contribution in [0.5, 0.6) is 0 Å². The molecule has 2 atom stereocenters. The number of rotatable bonds is 4. The van der Waals surface area contributed by atoms with Gasteiger partial charge >= 0.3 is 12.4 Å². The summed E-state index contributed by atoms with van der Waals surface area (Å²) in [6, 6.07) is 8.95. The van der Waals surface area contributed by atoms with Crippen molar-refractivity contribution in [1.29, 1.82) is 0 Å². The number of hydrogen-bond donors (Lipinski definition) is 3. The largest absolute Gasteiger partial charge is 0.416 e. The second-order valence-corrected chi connectivity index (χ2v) is 6.45. The quantitative estimate of drug-likeness (QED) is 0.472. The van der Waals surface area contributed by atoms with Crippen molar-refractivity contribution in [3.63, 3.8) is 0 Å². The molecule has 0 fully saturated rings. The second-order valence-electron chi connectivity index (χ2n) is 6.04. The standard InChI is InChI=1S/C18H16F6N2OS/c1-10(15(27)11-5-3-2-4-6-11)25-16(28)26-14-8-12(17(19,20)21)7-13(9-14)18(22,23)24/h2-10,15,27H,1H3,(H2,25,26,28). The molecule has 0 spiro atoms. The summed E-state index contributed by atoms with van der Waals surface area (Å²) in [6.07, 6.45) is -10.9. The van der Waals surface area contributed by atoms with Crippen molar-refractivity contribution in [3.05, 3.63) is 65.2 Å². The minimum atomic E-state index is -4.95. The number of nitrogens with one attached hydrogen (secondary N) is 2. The zero-order chi connectivity index (χ0) is 21.1. The topological polar surface area (TPSA) is 44.3 Å². The van der Waals surface area contributed by atoms with Gasteiger partial charge in [-0.15, -0.1) is 0 Å². The average molecular weight is 422 g/mol. The van der Waals surface area contributed by atoms with E-state index in [1.54, 1.807) is 37.3 Å². The lowest BCUT2D eigenvalue weighted by molar-refractivity contribution is -0.143. The third-order valence-electron chi connectivity index (χ3n) is 3.82. The van der Waals surface area contributed by atoms with Gasteiger partial charge in [-0.05, 0) is 42.9 Å².